The van der Waals surface area contributed by atoms with Gasteiger partial charge in [-0.15, -0.1) is 0 Å². The second-order valence-electron chi connectivity index (χ2n) is 6.53. The molecule has 29 heavy (non-hydrogen) atoms. The van der Waals surface area contributed by atoms with E-state index >= 15 is 0 Å². The Labute approximate surface area is 175 Å². The molecule has 3 aromatic rings. The maximum absolute atomic E-state index is 12.9. The number of nitrogens with zero attached hydrogens (tertiary/aromatic N) is 2. The number of aliphatic hydroxyl groups excluding tert-OH is 1. The van der Waals surface area contributed by atoms with Gasteiger partial charge in [-0.3, -0.25) is 14.5 Å². The van der Waals surface area contributed by atoms with E-state index in [0.29, 0.717) is 26.9 Å². The van der Waals surface area contributed by atoms with Gasteiger partial charge < -0.3 is 9.63 Å². The highest BCUT2D eigenvalue weighted by molar-refractivity contribution is 6.51. The highest BCUT2D eigenvalue weighted by Crippen LogP contribution is 2.42. The van der Waals surface area contributed by atoms with Crippen LogP contribution in [0.25, 0.3) is 5.76 Å². The van der Waals surface area contributed by atoms with E-state index < -0.39 is 17.7 Å². The fraction of sp³-hybridized carbons (Fsp3) is 0.0952. The molecule has 6 nitrogen and oxygen atoms in total. The topological polar surface area (TPSA) is 83.6 Å². The van der Waals surface area contributed by atoms with E-state index in [-0.39, 0.29) is 17.2 Å². The Balaban J connectivity index is 1.95. The highest BCUT2D eigenvalue weighted by atomic mass is 35.5. The second-order valence-corrected chi connectivity index (χ2v) is 7.40. The average Bonchev–Trinajstić information content (AvgIpc) is 3.23. The molecule has 2 heterocycles. The second kappa shape index (κ2) is 7.39. The number of aliphatic hydroxyl groups is 1. The van der Waals surface area contributed by atoms with Crippen molar-refractivity contribution in [3.05, 3.63) is 87.1 Å². The smallest absolute Gasteiger partial charge is 0.301 e. The van der Waals surface area contributed by atoms with Gasteiger partial charge in [-0.25, -0.2) is 0 Å². The lowest BCUT2D eigenvalue weighted by Crippen LogP contribution is -2.29. The number of amides is 1. The molecule has 1 aliphatic rings. The average molecular weight is 429 g/mol. The summed E-state index contributed by atoms with van der Waals surface area (Å²) in [5.74, 6) is -1.32. The number of aryl methyl sites for hydroxylation is 1. The number of carbonyl (C=O) groups is 2. The maximum Gasteiger partial charge on any atom is 0.301 e. The fourth-order valence-electron chi connectivity index (χ4n) is 3.29. The first-order valence-corrected chi connectivity index (χ1v) is 9.38. The highest BCUT2D eigenvalue weighted by Gasteiger charge is 2.48. The Morgan fingerprint density at radius 2 is 1.79 bits per heavy atom. The van der Waals surface area contributed by atoms with Gasteiger partial charge in [-0.05, 0) is 48.9 Å². The molecule has 0 saturated carbocycles. The third kappa shape index (κ3) is 3.41. The normalized spacial score (nSPS) is 18.4. The zero-order valence-electron chi connectivity index (χ0n) is 15.1. The third-order valence-electron chi connectivity index (χ3n) is 4.59. The summed E-state index contributed by atoms with van der Waals surface area (Å²) in [5, 5.41) is 15.7. The largest absolute Gasteiger partial charge is 0.507 e. The van der Waals surface area contributed by atoms with Crippen LogP contribution in [0.5, 0.6) is 0 Å². The first-order valence-electron chi connectivity index (χ1n) is 8.62. The van der Waals surface area contributed by atoms with Crippen molar-refractivity contribution in [1.82, 2.24) is 5.16 Å². The monoisotopic (exact) mass is 428 g/mol. The van der Waals surface area contributed by atoms with Crippen molar-refractivity contribution in [2.75, 3.05) is 4.90 Å². The molecule has 146 valence electrons. The summed E-state index contributed by atoms with van der Waals surface area (Å²) in [6.07, 6.45) is 0. The van der Waals surface area contributed by atoms with Crippen LogP contribution in [0.2, 0.25) is 10.0 Å². The van der Waals surface area contributed by atoms with Gasteiger partial charge in [-0.1, -0.05) is 40.5 Å². The number of benzene rings is 2. The number of aromatic nitrogens is 1. The number of anilines is 1. The van der Waals surface area contributed by atoms with Crippen molar-refractivity contribution in [3.8, 4) is 0 Å². The number of halogens is 2. The molecule has 1 N–H and O–H groups in total. The minimum absolute atomic E-state index is 0.0692. The minimum Gasteiger partial charge on any atom is -0.507 e. The maximum atomic E-state index is 12.9. The zero-order valence-corrected chi connectivity index (χ0v) is 16.6. The van der Waals surface area contributed by atoms with Crippen molar-refractivity contribution in [1.29, 1.82) is 0 Å². The van der Waals surface area contributed by atoms with Gasteiger partial charge in [-0.2, -0.15) is 0 Å². The Kier molecular flexibility index (Phi) is 4.90. The number of hydrogen-bond donors (Lipinski definition) is 1. The van der Waals surface area contributed by atoms with Crippen LogP contribution in [0, 0.1) is 6.92 Å². The predicted octanol–water partition coefficient (Wildman–Crippen LogP) is 4.92. The first-order chi connectivity index (χ1) is 13.9. The summed E-state index contributed by atoms with van der Waals surface area (Å²) >= 11 is 12.1. The van der Waals surface area contributed by atoms with Gasteiger partial charge in [0.25, 0.3) is 5.78 Å². The van der Waals surface area contributed by atoms with Gasteiger partial charge in [0.05, 0.1) is 11.6 Å². The van der Waals surface area contributed by atoms with Gasteiger partial charge in [0, 0.05) is 21.7 Å². The molecular formula is C21H14Cl2N2O4. The Hall–Kier alpha value is -3.09. The first kappa shape index (κ1) is 19.2. The van der Waals surface area contributed by atoms with Crippen LogP contribution in [-0.2, 0) is 9.59 Å². The van der Waals surface area contributed by atoms with Gasteiger partial charge in [0.15, 0.2) is 5.82 Å². The van der Waals surface area contributed by atoms with Gasteiger partial charge in [0.1, 0.15) is 11.5 Å². The molecule has 0 aliphatic carbocycles. The van der Waals surface area contributed by atoms with Crippen LogP contribution in [-0.4, -0.2) is 22.0 Å². The standard InChI is InChI=1S/C21H14Cl2N2O4/c1-11-9-16(24-29-11)25-18(13-3-2-4-15(23)10-13)17(20(27)21(25)28)19(26)12-5-7-14(22)8-6-12/h2-10,18,26H,1H3. The SMILES string of the molecule is Cc1cc(N2C(=O)C(=O)C(=C(O)c3ccc(Cl)cc3)C2c2cccc(Cl)c2)no1. The van der Waals surface area contributed by atoms with E-state index in [1.165, 1.54) is 4.90 Å². The summed E-state index contributed by atoms with van der Waals surface area (Å²) in [7, 11) is 0. The number of carbonyl (C=O) groups excluding carboxylic acids is 2. The van der Waals surface area contributed by atoms with E-state index in [2.05, 4.69) is 5.16 Å². The molecule has 2 aromatic carbocycles. The van der Waals surface area contributed by atoms with E-state index in [1.807, 2.05) is 0 Å². The Morgan fingerprint density at radius 3 is 2.41 bits per heavy atom. The fourth-order valence-corrected chi connectivity index (χ4v) is 3.62. The van der Waals surface area contributed by atoms with Crippen molar-refractivity contribution in [2.24, 2.45) is 0 Å². The number of rotatable bonds is 3. The zero-order chi connectivity index (χ0) is 20.7. The van der Waals surface area contributed by atoms with Crippen molar-refractivity contribution >= 4 is 46.5 Å². The van der Waals surface area contributed by atoms with E-state index in [9.17, 15) is 14.7 Å². The summed E-state index contributed by atoms with van der Waals surface area (Å²) in [5.41, 5.74) is 0.837. The molecule has 0 bridgehead atoms. The molecule has 1 aliphatic heterocycles. The molecule has 1 saturated heterocycles. The molecule has 1 aromatic heterocycles. The van der Waals surface area contributed by atoms with Crippen LogP contribution < -0.4 is 4.90 Å². The van der Waals surface area contributed by atoms with Gasteiger partial charge in [0.2, 0.25) is 0 Å². The lowest BCUT2D eigenvalue weighted by Gasteiger charge is -2.23. The van der Waals surface area contributed by atoms with E-state index in [4.69, 9.17) is 27.7 Å². The van der Waals surface area contributed by atoms with Crippen LogP contribution in [0.3, 0.4) is 0 Å². The predicted molar refractivity (Wildman–Crippen MR) is 109 cm³/mol. The van der Waals surface area contributed by atoms with Crippen LogP contribution in [0.15, 0.2) is 64.7 Å². The number of ketones is 1. The summed E-state index contributed by atoms with van der Waals surface area (Å²) in [4.78, 5) is 27.0. The Bertz CT molecular complexity index is 1150. The van der Waals surface area contributed by atoms with Crippen molar-refractivity contribution in [2.45, 2.75) is 13.0 Å². The minimum atomic E-state index is -0.922. The Morgan fingerprint density at radius 1 is 1.07 bits per heavy atom. The quantitative estimate of drug-likeness (QED) is 0.363. The molecular weight excluding hydrogens is 415 g/mol. The molecule has 1 atom stereocenters. The van der Waals surface area contributed by atoms with Crippen LogP contribution in [0.1, 0.15) is 22.9 Å². The molecule has 1 amide bonds. The molecule has 0 radical (unpaired) electrons. The molecule has 0 spiro atoms. The van der Waals surface area contributed by atoms with Crippen LogP contribution in [0.4, 0.5) is 5.82 Å². The lowest BCUT2D eigenvalue weighted by atomic mass is 9.95. The molecule has 8 heteroatoms. The van der Waals surface area contributed by atoms with Crippen molar-refractivity contribution < 1.29 is 19.2 Å². The summed E-state index contributed by atoms with van der Waals surface area (Å²) < 4.78 is 5.09. The third-order valence-corrected chi connectivity index (χ3v) is 5.08. The number of Topliss-reactive ketones (excluding diaryl/α,β-unsaturated/α-hetero) is 1. The molecule has 1 unspecified atom stereocenters. The molecule has 1 fully saturated rings. The van der Waals surface area contributed by atoms with E-state index in [0.717, 1.165) is 0 Å². The lowest BCUT2D eigenvalue weighted by molar-refractivity contribution is -0.132. The van der Waals surface area contributed by atoms with E-state index in [1.54, 1.807) is 61.5 Å². The molecule has 4 rings (SSSR count). The van der Waals surface area contributed by atoms with Crippen molar-refractivity contribution in [3.63, 3.8) is 0 Å². The number of hydrogen-bond acceptors (Lipinski definition) is 5. The van der Waals surface area contributed by atoms with Crippen LogP contribution >= 0.6 is 23.2 Å². The summed E-state index contributed by atoms with van der Waals surface area (Å²) in [6.45, 7) is 1.68. The van der Waals surface area contributed by atoms with Gasteiger partial charge >= 0.3 is 5.91 Å². The summed E-state index contributed by atoms with van der Waals surface area (Å²) in [6, 6.07) is 13.7.